The second-order valence-corrected chi connectivity index (χ2v) is 7.89. The lowest BCUT2D eigenvalue weighted by atomic mass is 9.96. The van der Waals surface area contributed by atoms with E-state index in [9.17, 15) is 0 Å². The van der Waals surface area contributed by atoms with Gasteiger partial charge in [0.25, 0.3) is 0 Å². The number of fused-ring (bicyclic) bond motifs is 2. The van der Waals surface area contributed by atoms with Gasteiger partial charge in [0.1, 0.15) is 18.1 Å². The van der Waals surface area contributed by atoms with Crippen molar-refractivity contribution in [3.63, 3.8) is 0 Å². The van der Waals surface area contributed by atoms with Gasteiger partial charge in [0.15, 0.2) is 0 Å². The molecule has 0 amide bonds. The van der Waals surface area contributed by atoms with E-state index in [0.717, 1.165) is 58.6 Å². The minimum absolute atomic E-state index is 0.495. The first-order valence-corrected chi connectivity index (χ1v) is 10.8. The van der Waals surface area contributed by atoms with E-state index < -0.39 is 0 Å². The molecule has 0 bridgehead atoms. The minimum Gasteiger partial charge on any atom is -0.489 e. The van der Waals surface area contributed by atoms with E-state index in [1.165, 1.54) is 11.3 Å². The number of aryl methyl sites for hydroxylation is 1. The SMILES string of the molecule is c1ccc(-c2nn3c(c2-c2ccnc4cc(OCc5ccncc5)ccc24)CCC3)nc1. The number of aromatic nitrogens is 5. The molecule has 1 aromatic carbocycles. The molecule has 4 aromatic heterocycles. The average molecular weight is 419 g/mol. The smallest absolute Gasteiger partial charge is 0.122 e. The van der Waals surface area contributed by atoms with Gasteiger partial charge in [0, 0.05) is 54.0 Å². The molecular weight excluding hydrogens is 398 g/mol. The van der Waals surface area contributed by atoms with Crippen molar-refractivity contribution in [3.05, 3.63) is 90.6 Å². The first-order chi connectivity index (χ1) is 15.9. The van der Waals surface area contributed by atoms with Gasteiger partial charge in [0.2, 0.25) is 0 Å². The van der Waals surface area contributed by atoms with Crippen molar-refractivity contribution in [2.75, 3.05) is 0 Å². The summed E-state index contributed by atoms with van der Waals surface area (Å²) in [5.41, 5.74) is 7.39. The van der Waals surface area contributed by atoms with Crippen LogP contribution in [-0.2, 0) is 19.6 Å². The van der Waals surface area contributed by atoms with Crippen LogP contribution in [0.2, 0.25) is 0 Å². The average Bonchev–Trinajstić information content (AvgIpc) is 3.45. The number of nitrogens with zero attached hydrogens (tertiary/aromatic N) is 5. The van der Waals surface area contributed by atoms with Crippen molar-refractivity contribution in [1.29, 1.82) is 0 Å². The summed E-state index contributed by atoms with van der Waals surface area (Å²) in [6, 6.07) is 18.1. The van der Waals surface area contributed by atoms with Crippen molar-refractivity contribution >= 4 is 10.9 Å². The maximum atomic E-state index is 6.00. The third kappa shape index (κ3) is 3.30. The first kappa shape index (κ1) is 18.7. The Balaban J connectivity index is 1.43. The lowest BCUT2D eigenvalue weighted by Gasteiger charge is -2.11. The Morgan fingerprint density at radius 3 is 2.72 bits per heavy atom. The Hall–Kier alpha value is -4.06. The third-order valence-corrected chi connectivity index (χ3v) is 5.89. The molecule has 5 aromatic rings. The number of pyridine rings is 3. The van der Waals surface area contributed by atoms with Crippen molar-refractivity contribution in [2.24, 2.45) is 0 Å². The summed E-state index contributed by atoms with van der Waals surface area (Å²) in [6.07, 6.45) is 9.37. The molecule has 0 saturated carbocycles. The van der Waals surface area contributed by atoms with E-state index in [0.29, 0.717) is 6.61 Å². The first-order valence-electron chi connectivity index (χ1n) is 10.8. The molecule has 0 saturated heterocycles. The number of hydrogen-bond donors (Lipinski definition) is 0. The quantitative estimate of drug-likeness (QED) is 0.397. The van der Waals surface area contributed by atoms with Gasteiger partial charge in [0.05, 0.1) is 11.2 Å². The van der Waals surface area contributed by atoms with Crippen LogP contribution in [0.5, 0.6) is 5.75 Å². The van der Waals surface area contributed by atoms with Gasteiger partial charge < -0.3 is 4.74 Å². The summed E-state index contributed by atoms with van der Waals surface area (Å²) in [6.45, 7) is 1.44. The molecule has 156 valence electrons. The van der Waals surface area contributed by atoms with E-state index in [4.69, 9.17) is 9.84 Å². The Morgan fingerprint density at radius 2 is 1.84 bits per heavy atom. The number of hydrogen-bond acceptors (Lipinski definition) is 5. The molecule has 0 aliphatic carbocycles. The largest absolute Gasteiger partial charge is 0.489 e. The second kappa shape index (κ2) is 7.89. The van der Waals surface area contributed by atoms with Crippen LogP contribution in [0.3, 0.4) is 0 Å². The van der Waals surface area contributed by atoms with Crippen molar-refractivity contribution in [3.8, 4) is 28.3 Å². The van der Waals surface area contributed by atoms with Crippen LogP contribution in [0.25, 0.3) is 33.4 Å². The number of rotatable bonds is 5. The van der Waals surface area contributed by atoms with Crippen LogP contribution in [-0.4, -0.2) is 24.7 Å². The fourth-order valence-electron chi connectivity index (χ4n) is 4.38. The van der Waals surface area contributed by atoms with Crippen LogP contribution < -0.4 is 4.74 Å². The summed E-state index contributed by atoms with van der Waals surface area (Å²) < 4.78 is 8.14. The second-order valence-electron chi connectivity index (χ2n) is 7.89. The van der Waals surface area contributed by atoms with E-state index in [2.05, 4.69) is 31.8 Å². The molecule has 0 atom stereocenters. The zero-order valence-electron chi connectivity index (χ0n) is 17.5. The van der Waals surface area contributed by atoms with Crippen LogP contribution in [0.15, 0.2) is 79.4 Å². The van der Waals surface area contributed by atoms with Gasteiger partial charge in [-0.15, -0.1) is 0 Å². The predicted octanol–water partition coefficient (Wildman–Crippen LogP) is 5.08. The molecule has 0 unspecified atom stereocenters. The van der Waals surface area contributed by atoms with Crippen molar-refractivity contribution in [1.82, 2.24) is 24.7 Å². The maximum Gasteiger partial charge on any atom is 0.122 e. The van der Waals surface area contributed by atoms with Crippen molar-refractivity contribution in [2.45, 2.75) is 26.0 Å². The summed E-state index contributed by atoms with van der Waals surface area (Å²) in [5.74, 6) is 0.796. The highest BCUT2D eigenvalue weighted by Crippen LogP contribution is 2.40. The van der Waals surface area contributed by atoms with Crippen LogP contribution >= 0.6 is 0 Å². The molecule has 32 heavy (non-hydrogen) atoms. The molecule has 1 aliphatic heterocycles. The lowest BCUT2D eigenvalue weighted by molar-refractivity contribution is 0.306. The topological polar surface area (TPSA) is 65.7 Å². The highest BCUT2D eigenvalue weighted by Gasteiger charge is 2.25. The fourth-order valence-corrected chi connectivity index (χ4v) is 4.38. The van der Waals surface area contributed by atoms with Gasteiger partial charge in [-0.3, -0.25) is 19.6 Å². The third-order valence-electron chi connectivity index (χ3n) is 5.89. The van der Waals surface area contributed by atoms with E-state index in [-0.39, 0.29) is 0 Å². The highest BCUT2D eigenvalue weighted by molar-refractivity contribution is 5.99. The van der Waals surface area contributed by atoms with E-state index in [1.807, 2.05) is 54.9 Å². The molecule has 0 radical (unpaired) electrons. The zero-order valence-corrected chi connectivity index (χ0v) is 17.5. The molecular formula is C26H21N5O. The molecule has 6 nitrogen and oxygen atoms in total. The van der Waals surface area contributed by atoms with Gasteiger partial charge >= 0.3 is 0 Å². The Morgan fingerprint density at radius 1 is 0.906 bits per heavy atom. The van der Waals surface area contributed by atoms with Crippen LogP contribution in [0.1, 0.15) is 17.7 Å². The van der Waals surface area contributed by atoms with Crippen LogP contribution in [0, 0.1) is 0 Å². The lowest BCUT2D eigenvalue weighted by Crippen LogP contribution is -1.96. The Bertz CT molecular complexity index is 1400. The zero-order chi connectivity index (χ0) is 21.3. The molecule has 0 N–H and O–H groups in total. The van der Waals surface area contributed by atoms with Gasteiger partial charge in [-0.05, 0) is 66.4 Å². The van der Waals surface area contributed by atoms with Crippen molar-refractivity contribution < 1.29 is 4.74 Å². The molecule has 0 spiro atoms. The highest BCUT2D eigenvalue weighted by atomic mass is 16.5. The number of benzene rings is 1. The van der Waals surface area contributed by atoms with Gasteiger partial charge in [-0.2, -0.15) is 5.10 Å². The molecule has 6 heteroatoms. The summed E-state index contributed by atoms with van der Waals surface area (Å²) in [5, 5.41) is 6.02. The standard InChI is InChI=1S/C26H21N5O/c1-2-11-28-22(4-1)26-25(24-5-3-15-31(24)30-26)21-10-14-29-23-16-19(6-7-20(21)23)32-17-18-8-12-27-13-9-18/h1-2,4,6-14,16H,3,5,15,17H2. The van der Waals surface area contributed by atoms with Gasteiger partial charge in [-0.1, -0.05) is 6.07 Å². The predicted molar refractivity (Wildman–Crippen MR) is 123 cm³/mol. The Kier molecular flexibility index (Phi) is 4.61. The van der Waals surface area contributed by atoms with Gasteiger partial charge in [-0.25, -0.2) is 0 Å². The molecule has 0 fully saturated rings. The summed E-state index contributed by atoms with van der Waals surface area (Å²) in [4.78, 5) is 13.3. The van der Waals surface area contributed by atoms with Crippen LogP contribution in [0.4, 0.5) is 0 Å². The molecule has 5 heterocycles. The Labute approximate surface area is 185 Å². The fraction of sp³-hybridized carbons (Fsp3) is 0.154. The molecule has 6 rings (SSSR count). The maximum absolute atomic E-state index is 6.00. The monoisotopic (exact) mass is 419 g/mol. The molecule has 1 aliphatic rings. The normalized spacial score (nSPS) is 12.8. The minimum atomic E-state index is 0.495. The summed E-state index contributed by atoms with van der Waals surface area (Å²) in [7, 11) is 0. The summed E-state index contributed by atoms with van der Waals surface area (Å²) >= 11 is 0. The van der Waals surface area contributed by atoms with E-state index in [1.54, 1.807) is 12.4 Å². The van der Waals surface area contributed by atoms with E-state index >= 15 is 0 Å². The number of ether oxygens (including phenoxy) is 1.